The van der Waals surface area contributed by atoms with Crippen LogP contribution in [0.25, 0.3) is 0 Å². The summed E-state index contributed by atoms with van der Waals surface area (Å²) in [5.74, 6) is 0.407. The van der Waals surface area contributed by atoms with E-state index < -0.39 is 11.8 Å². The van der Waals surface area contributed by atoms with E-state index in [1.807, 2.05) is 20.8 Å². The molecule has 0 spiro atoms. The normalized spacial score (nSPS) is 25.6. The van der Waals surface area contributed by atoms with Crippen molar-refractivity contribution < 1.29 is 14.3 Å². The monoisotopic (exact) mass is 196 g/mol. The van der Waals surface area contributed by atoms with Crippen LogP contribution in [0.15, 0.2) is 24.0 Å². The van der Waals surface area contributed by atoms with Crippen molar-refractivity contribution in [3.05, 3.63) is 24.0 Å². The molecule has 0 aromatic heterocycles. The molecule has 1 rings (SSSR count). The van der Waals surface area contributed by atoms with Gasteiger partial charge in [0.1, 0.15) is 5.76 Å². The molecule has 0 aromatic carbocycles. The van der Waals surface area contributed by atoms with Gasteiger partial charge in [-0.15, -0.1) is 0 Å². The smallest absolute Gasteiger partial charge is 0.419 e. The van der Waals surface area contributed by atoms with Gasteiger partial charge in [-0.2, -0.15) is 0 Å². The number of ether oxygens (including phenoxy) is 2. The summed E-state index contributed by atoms with van der Waals surface area (Å²) in [6.45, 7) is 9.56. The highest BCUT2D eigenvalue weighted by atomic mass is 16.8. The van der Waals surface area contributed by atoms with Gasteiger partial charge in [-0.1, -0.05) is 18.2 Å². The molecule has 14 heavy (non-hydrogen) atoms. The lowest BCUT2D eigenvalue weighted by atomic mass is 9.98. The lowest BCUT2D eigenvalue weighted by molar-refractivity contribution is 0.0722. The van der Waals surface area contributed by atoms with Crippen LogP contribution >= 0.6 is 0 Å². The Morgan fingerprint density at radius 3 is 2.64 bits per heavy atom. The molecular formula is C11H16O3. The van der Waals surface area contributed by atoms with Crippen molar-refractivity contribution in [3.8, 4) is 0 Å². The van der Waals surface area contributed by atoms with Gasteiger partial charge in [0.2, 0.25) is 0 Å². The van der Waals surface area contributed by atoms with E-state index in [2.05, 4.69) is 12.7 Å². The zero-order chi connectivity index (χ0) is 10.8. The molecule has 0 radical (unpaired) electrons. The Balaban J connectivity index is 2.55. The third kappa shape index (κ3) is 2.37. The number of rotatable bonds is 3. The van der Waals surface area contributed by atoms with Crippen molar-refractivity contribution in [1.29, 1.82) is 0 Å². The van der Waals surface area contributed by atoms with Crippen molar-refractivity contribution >= 4 is 6.16 Å². The van der Waals surface area contributed by atoms with Gasteiger partial charge in [0.25, 0.3) is 0 Å². The van der Waals surface area contributed by atoms with E-state index in [4.69, 9.17) is 9.47 Å². The van der Waals surface area contributed by atoms with E-state index in [-0.39, 0.29) is 0 Å². The van der Waals surface area contributed by atoms with E-state index in [0.717, 1.165) is 6.42 Å². The summed E-state index contributed by atoms with van der Waals surface area (Å²) in [5.41, 5.74) is 0.604. The standard InChI is InChI=1S/C11H16O3/c1-8(2)6-5-7-11(4)9(3)13-10(12)14-11/h6H,3,5,7H2,1-2,4H3/t11-/m0/s1. The predicted octanol–water partition coefficient (Wildman–Crippen LogP) is 3.17. The summed E-state index contributed by atoms with van der Waals surface area (Å²) in [5, 5.41) is 0. The molecule has 0 aromatic rings. The molecule has 0 bridgehead atoms. The van der Waals surface area contributed by atoms with Crippen molar-refractivity contribution in [3.63, 3.8) is 0 Å². The van der Waals surface area contributed by atoms with Crippen LogP contribution in [0, 0.1) is 0 Å². The summed E-state index contributed by atoms with van der Waals surface area (Å²) in [4.78, 5) is 10.8. The van der Waals surface area contributed by atoms with Crippen LogP contribution in [0.4, 0.5) is 4.79 Å². The molecule has 3 nitrogen and oxygen atoms in total. The van der Waals surface area contributed by atoms with Crippen LogP contribution in [-0.4, -0.2) is 11.8 Å². The molecule has 0 aliphatic carbocycles. The van der Waals surface area contributed by atoms with Crippen LogP contribution in [0.2, 0.25) is 0 Å². The molecule has 78 valence electrons. The number of carbonyl (C=O) groups is 1. The van der Waals surface area contributed by atoms with Gasteiger partial charge in [0, 0.05) is 0 Å². The van der Waals surface area contributed by atoms with Crippen molar-refractivity contribution in [2.75, 3.05) is 0 Å². The topological polar surface area (TPSA) is 35.5 Å². The number of carbonyl (C=O) groups excluding carboxylic acids is 1. The summed E-state index contributed by atoms with van der Waals surface area (Å²) < 4.78 is 9.81. The van der Waals surface area contributed by atoms with Crippen LogP contribution in [0.3, 0.4) is 0 Å². The minimum Gasteiger partial charge on any atom is -0.419 e. The Kier molecular flexibility index (Phi) is 2.99. The maximum absolute atomic E-state index is 10.8. The largest absolute Gasteiger partial charge is 0.514 e. The molecule has 0 saturated carbocycles. The fourth-order valence-corrected chi connectivity index (χ4v) is 1.30. The Bertz CT molecular complexity index is 287. The Morgan fingerprint density at radius 1 is 1.57 bits per heavy atom. The molecule has 3 heteroatoms. The van der Waals surface area contributed by atoms with E-state index in [1.165, 1.54) is 5.57 Å². The van der Waals surface area contributed by atoms with Crippen molar-refractivity contribution in [2.24, 2.45) is 0 Å². The first-order valence-electron chi connectivity index (χ1n) is 4.67. The number of hydrogen-bond acceptors (Lipinski definition) is 3. The van der Waals surface area contributed by atoms with Gasteiger partial charge < -0.3 is 9.47 Å². The summed E-state index contributed by atoms with van der Waals surface area (Å²) in [6.07, 6.45) is 3.02. The predicted molar refractivity (Wildman–Crippen MR) is 53.8 cm³/mol. The van der Waals surface area contributed by atoms with Gasteiger partial charge in [-0.3, -0.25) is 0 Å². The first kappa shape index (κ1) is 10.8. The average molecular weight is 196 g/mol. The Labute approximate surface area is 84.4 Å². The molecule has 1 atom stereocenters. The molecule has 0 N–H and O–H groups in total. The maximum Gasteiger partial charge on any atom is 0.514 e. The highest BCUT2D eigenvalue weighted by Crippen LogP contribution is 2.33. The lowest BCUT2D eigenvalue weighted by Gasteiger charge is -2.19. The Hall–Kier alpha value is -1.25. The maximum atomic E-state index is 10.8. The van der Waals surface area contributed by atoms with E-state index in [1.54, 1.807) is 0 Å². The van der Waals surface area contributed by atoms with Crippen LogP contribution in [0.5, 0.6) is 0 Å². The van der Waals surface area contributed by atoms with Gasteiger partial charge in [0.05, 0.1) is 0 Å². The lowest BCUT2D eigenvalue weighted by Crippen LogP contribution is -2.24. The molecule has 0 amide bonds. The molecular weight excluding hydrogens is 180 g/mol. The fraction of sp³-hybridized carbons (Fsp3) is 0.545. The highest BCUT2D eigenvalue weighted by Gasteiger charge is 2.41. The van der Waals surface area contributed by atoms with Crippen molar-refractivity contribution in [1.82, 2.24) is 0 Å². The first-order chi connectivity index (χ1) is 6.44. The van der Waals surface area contributed by atoms with Crippen LogP contribution in [-0.2, 0) is 9.47 Å². The molecule has 1 fully saturated rings. The minimum atomic E-state index is -0.650. The zero-order valence-corrected chi connectivity index (χ0v) is 8.92. The third-order valence-electron chi connectivity index (χ3n) is 2.28. The van der Waals surface area contributed by atoms with Gasteiger partial charge in [0.15, 0.2) is 5.60 Å². The SMILES string of the molecule is C=C1OC(=O)O[C@@]1(C)CCC=C(C)C. The quantitative estimate of drug-likeness (QED) is 0.513. The molecule has 1 aliphatic heterocycles. The van der Waals surface area contributed by atoms with Crippen molar-refractivity contribution in [2.45, 2.75) is 39.2 Å². The van der Waals surface area contributed by atoms with Gasteiger partial charge >= 0.3 is 6.16 Å². The highest BCUT2D eigenvalue weighted by molar-refractivity contribution is 5.66. The molecule has 0 unspecified atom stereocenters. The number of hydrogen-bond donors (Lipinski definition) is 0. The average Bonchev–Trinajstić information content (AvgIpc) is 2.25. The van der Waals surface area contributed by atoms with E-state index in [0.29, 0.717) is 12.2 Å². The summed E-state index contributed by atoms with van der Waals surface area (Å²) in [6, 6.07) is 0. The van der Waals surface area contributed by atoms with Gasteiger partial charge in [-0.05, 0) is 33.6 Å². The summed E-state index contributed by atoms with van der Waals surface area (Å²) >= 11 is 0. The molecule has 1 heterocycles. The second-order valence-electron chi connectivity index (χ2n) is 3.93. The number of cyclic esters (lactones) is 2. The van der Waals surface area contributed by atoms with Crippen LogP contribution < -0.4 is 0 Å². The van der Waals surface area contributed by atoms with Crippen LogP contribution in [0.1, 0.15) is 33.6 Å². The second-order valence-corrected chi connectivity index (χ2v) is 3.93. The Morgan fingerprint density at radius 2 is 2.21 bits per heavy atom. The van der Waals surface area contributed by atoms with E-state index >= 15 is 0 Å². The third-order valence-corrected chi connectivity index (χ3v) is 2.28. The first-order valence-corrected chi connectivity index (χ1v) is 4.67. The summed E-state index contributed by atoms with van der Waals surface area (Å²) in [7, 11) is 0. The minimum absolute atomic E-state index is 0.407. The second kappa shape index (κ2) is 3.86. The fourth-order valence-electron chi connectivity index (χ4n) is 1.30. The van der Waals surface area contributed by atoms with E-state index in [9.17, 15) is 4.79 Å². The molecule has 1 saturated heterocycles. The number of allylic oxidation sites excluding steroid dienone is 2. The van der Waals surface area contributed by atoms with Gasteiger partial charge in [-0.25, -0.2) is 4.79 Å². The molecule has 1 aliphatic rings. The zero-order valence-electron chi connectivity index (χ0n) is 8.92.